The van der Waals surface area contributed by atoms with Gasteiger partial charge in [-0.05, 0) is 38.5 Å². The first-order chi connectivity index (χ1) is 9.72. The highest BCUT2D eigenvalue weighted by Gasteiger charge is 2.26. The second kappa shape index (κ2) is 7.66. The summed E-state index contributed by atoms with van der Waals surface area (Å²) in [6, 6.07) is 5.09. The Hall–Kier alpha value is -1.27. The van der Waals surface area contributed by atoms with Crippen molar-refractivity contribution in [3.8, 4) is 5.75 Å². The Morgan fingerprint density at radius 2 is 2.10 bits per heavy atom. The molecule has 0 heterocycles. The molecular weight excluding hydrogens is 362 g/mol. The number of amides is 1. The summed E-state index contributed by atoms with van der Waals surface area (Å²) in [5.74, 6) is -0.800. The summed E-state index contributed by atoms with van der Waals surface area (Å²) in [5.41, 5.74) is -0.872. The second-order valence-corrected chi connectivity index (χ2v) is 6.48. The van der Waals surface area contributed by atoms with Gasteiger partial charge in [0.1, 0.15) is 5.75 Å². The fraction of sp³-hybridized carbons (Fsp3) is 0.429. The third-order valence-electron chi connectivity index (χ3n) is 2.90. The first kappa shape index (κ1) is 17.8. The first-order valence-corrected chi connectivity index (χ1v) is 7.47. The van der Waals surface area contributed by atoms with E-state index >= 15 is 0 Å². The third kappa shape index (κ3) is 5.93. The van der Waals surface area contributed by atoms with Crippen molar-refractivity contribution < 1.29 is 19.4 Å². The molecular formula is C14H17BrClNO4. The van der Waals surface area contributed by atoms with Crippen LogP contribution in [0.2, 0.25) is 5.02 Å². The van der Waals surface area contributed by atoms with Crippen molar-refractivity contribution in [1.29, 1.82) is 0 Å². The van der Waals surface area contributed by atoms with Gasteiger partial charge in [-0.1, -0.05) is 27.5 Å². The van der Waals surface area contributed by atoms with E-state index in [1.165, 1.54) is 0 Å². The van der Waals surface area contributed by atoms with E-state index in [0.29, 0.717) is 17.2 Å². The summed E-state index contributed by atoms with van der Waals surface area (Å²) in [6.07, 6.45) is 0.340. The number of carbonyl (C=O) groups is 2. The van der Waals surface area contributed by atoms with Gasteiger partial charge in [0.2, 0.25) is 0 Å². The van der Waals surface area contributed by atoms with Crippen LogP contribution in [-0.2, 0) is 9.59 Å². The summed E-state index contributed by atoms with van der Waals surface area (Å²) in [5, 5.41) is 12.0. The molecule has 0 spiro atoms. The van der Waals surface area contributed by atoms with Crippen molar-refractivity contribution in [2.45, 2.75) is 20.3 Å². The van der Waals surface area contributed by atoms with E-state index in [-0.39, 0.29) is 19.1 Å². The van der Waals surface area contributed by atoms with Gasteiger partial charge in [-0.25, -0.2) is 0 Å². The van der Waals surface area contributed by atoms with E-state index in [1.54, 1.807) is 32.0 Å². The van der Waals surface area contributed by atoms with E-state index in [9.17, 15) is 9.59 Å². The molecule has 0 bridgehead atoms. The molecule has 1 aromatic rings. The normalized spacial score (nSPS) is 11.0. The van der Waals surface area contributed by atoms with Gasteiger partial charge in [0.05, 0.1) is 10.4 Å². The lowest BCUT2D eigenvalue weighted by Crippen LogP contribution is -2.34. The van der Waals surface area contributed by atoms with E-state index in [0.717, 1.165) is 4.47 Å². The Balaban J connectivity index is 2.36. The van der Waals surface area contributed by atoms with Gasteiger partial charge in [-0.15, -0.1) is 0 Å². The van der Waals surface area contributed by atoms with Gasteiger partial charge < -0.3 is 15.2 Å². The topological polar surface area (TPSA) is 75.6 Å². The maximum Gasteiger partial charge on any atom is 0.309 e. The zero-order chi connectivity index (χ0) is 16.0. The lowest BCUT2D eigenvalue weighted by atomic mass is 9.90. The van der Waals surface area contributed by atoms with E-state index in [2.05, 4.69) is 21.2 Å². The Morgan fingerprint density at radius 1 is 1.43 bits per heavy atom. The summed E-state index contributed by atoms with van der Waals surface area (Å²) >= 11 is 9.23. The van der Waals surface area contributed by atoms with Crippen LogP contribution >= 0.6 is 27.5 Å². The zero-order valence-corrected chi connectivity index (χ0v) is 14.1. The molecule has 116 valence electrons. The molecule has 7 heteroatoms. The number of carboxylic acids is 1. The molecule has 1 aromatic carbocycles. The number of nitrogens with one attached hydrogen (secondary N) is 1. The van der Waals surface area contributed by atoms with Crippen LogP contribution in [0.1, 0.15) is 20.3 Å². The Bertz CT molecular complexity index is 534. The summed E-state index contributed by atoms with van der Waals surface area (Å²) in [4.78, 5) is 22.5. The number of carboxylic acid groups (broad SMARTS) is 1. The Labute approximate surface area is 136 Å². The van der Waals surface area contributed by atoms with Crippen LogP contribution in [0, 0.1) is 5.41 Å². The standard InChI is InChI=1S/C14H17BrClNO4/c1-14(2,13(19)20)5-6-17-12(18)8-21-11-4-3-9(15)7-10(11)16/h3-4,7H,5-6,8H2,1-2H3,(H,17,18)(H,19,20). The summed E-state index contributed by atoms with van der Waals surface area (Å²) in [6.45, 7) is 3.32. The van der Waals surface area contributed by atoms with Crippen LogP contribution in [0.4, 0.5) is 0 Å². The van der Waals surface area contributed by atoms with Crippen molar-refractivity contribution >= 4 is 39.4 Å². The number of aliphatic carboxylic acids is 1. The Morgan fingerprint density at radius 3 is 2.67 bits per heavy atom. The molecule has 21 heavy (non-hydrogen) atoms. The molecule has 0 aliphatic rings. The number of benzene rings is 1. The maximum absolute atomic E-state index is 11.6. The number of ether oxygens (including phenoxy) is 1. The quantitative estimate of drug-likeness (QED) is 0.764. The van der Waals surface area contributed by atoms with E-state index in [1.807, 2.05) is 0 Å². The first-order valence-electron chi connectivity index (χ1n) is 6.30. The van der Waals surface area contributed by atoms with Crippen LogP contribution in [0.15, 0.2) is 22.7 Å². The predicted molar refractivity (Wildman–Crippen MR) is 83.7 cm³/mol. The molecule has 0 radical (unpaired) electrons. The number of hydrogen-bond acceptors (Lipinski definition) is 3. The lowest BCUT2D eigenvalue weighted by molar-refractivity contribution is -0.147. The monoisotopic (exact) mass is 377 g/mol. The SMILES string of the molecule is CC(C)(CCNC(=O)COc1ccc(Br)cc1Cl)C(=O)O. The minimum Gasteiger partial charge on any atom is -0.482 e. The zero-order valence-electron chi connectivity index (χ0n) is 11.8. The molecule has 0 unspecified atom stereocenters. The molecule has 2 N–H and O–H groups in total. The highest BCUT2D eigenvalue weighted by molar-refractivity contribution is 9.10. The van der Waals surface area contributed by atoms with Gasteiger partial charge >= 0.3 is 5.97 Å². The molecule has 0 fully saturated rings. The van der Waals surface area contributed by atoms with Crippen LogP contribution in [0.3, 0.4) is 0 Å². The van der Waals surface area contributed by atoms with E-state index < -0.39 is 11.4 Å². The largest absolute Gasteiger partial charge is 0.482 e. The van der Waals surface area contributed by atoms with Crippen LogP contribution in [0.5, 0.6) is 5.75 Å². The molecule has 0 aliphatic heterocycles. The smallest absolute Gasteiger partial charge is 0.309 e. The van der Waals surface area contributed by atoms with Gasteiger partial charge in [-0.2, -0.15) is 0 Å². The van der Waals surface area contributed by atoms with Crippen LogP contribution < -0.4 is 10.1 Å². The molecule has 1 amide bonds. The molecule has 0 atom stereocenters. The molecule has 0 saturated carbocycles. The third-order valence-corrected chi connectivity index (χ3v) is 3.69. The van der Waals surface area contributed by atoms with Crippen LogP contribution in [-0.4, -0.2) is 30.1 Å². The molecule has 5 nitrogen and oxygen atoms in total. The van der Waals surface area contributed by atoms with Crippen molar-refractivity contribution in [3.05, 3.63) is 27.7 Å². The lowest BCUT2D eigenvalue weighted by Gasteiger charge is -2.18. The van der Waals surface area contributed by atoms with Crippen LogP contribution in [0.25, 0.3) is 0 Å². The van der Waals surface area contributed by atoms with Crippen molar-refractivity contribution in [2.75, 3.05) is 13.2 Å². The van der Waals surface area contributed by atoms with Gasteiger partial charge in [-0.3, -0.25) is 9.59 Å². The fourth-order valence-electron chi connectivity index (χ4n) is 1.41. The van der Waals surface area contributed by atoms with Gasteiger partial charge in [0, 0.05) is 11.0 Å². The minimum atomic E-state index is -0.894. The Kier molecular flexibility index (Phi) is 6.48. The summed E-state index contributed by atoms with van der Waals surface area (Å²) in [7, 11) is 0. The number of carbonyl (C=O) groups excluding carboxylic acids is 1. The molecule has 0 saturated heterocycles. The average molecular weight is 379 g/mol. The number of rotatable bonds is 7. The van der Waals surface area contributed by atoms with Crippen molar-refractivity contribution in [3.63, 3.8) is 0 Å². The number of halogens is 2. The molecule has 1 rings (SSSR count). The summed E-state index contributed by atoms with van der Waals surface area (Å²) < 4.78 is 6.12. The minimum absolute atomic E-state index is 0.172. The van der Waals surface area contributed by atoms with Crippen molar-refractivity contribution in [2.24, 2.45) is 5.41 Å². The van der Waals surface area contributed by atoms with E-state index in [4.69, 9.17) is 21.4 Å². The van der Waals surface area contributed by atoms with Crippen molar-refractivity contribution in [1.82, 2.24) is 5.32 Å². The highest BCUT2D eigenvalue weighted by atomic mass is 79.9. The van der Waals surface area contributed by atoms with Gasteiger partial charge in [0.15, 0.2) is 6.61 Å². The second-order valence-electron chi connectivity index (χ2n) is 5.15. The number of hydrogen-bond donors (Lipinski definition) is 2. The predicted octanol–water partition coefficient (Wildman–Crippen LogP) is 3.10. The van der Waals surface area contributed by atoms with Gasteiger partial charge in [0.25, 0.3) is 5.91 Å². The maximum atomic E-state index is 11.6. The highest BCUT2D eigenvalue weighted by Crippen LogP contribution is 2.27. The molecule has 0 aliphatic carbocycles. The fourth-order valence-corrected chi connectivity index (χ4v) is 2.14. The average Bonchev–Trinajstić information content (AvgIpc) is 2.37. The molecule has 0 aromatic heterocycles.